The lowest BCUT2D eigenvalue weighted by molar-refractivity contribution is -0.385. The van der Waals surface area contributed by atoms with Crippen molar-refractivity contribution in [2.45, 2.75) is 17.9 Å². The number of aryl methyl sites for hydroxylation is 1. The molecule has 9 nitrogen and oxygen atoms in total. The summed E-state index contributed by atoms with van der Waals surface area (Å²) in [5, 5.41) is 12.1. The topological polar surface area (TPSA) is 106 Å². The number of benzene rings is 2. The number of carbonyl (C=O) groups is 1. The monoisotopic (exact) mass is 442 g/mol. The van der Waals surface area contributed by atoms with Crippen LogP contribution in [0.1, 0.15) is 6.42 Å². The number of amides is 1. The molecule has 1 aliphatic rings. The predicted octanol–water partition coefficient (Wildman–Crippen LogP) is 2.47. The largest absolute Gasteiger partial charge is 0.347 e. The molecule has 3 aromatic rings. The van der Waals surface area contributed by atoms with E-state index < -0.39 is 14.9 Å². The summed E-state index contributed by atoms with van der Waals surface area (Å²) in [5.74, 6) is -0.0230. The van der Waals surface area contributed by atoms with E-state index in [-0.39, 0.29) is 29.6 Å². The lowest BCUT2D eigenvalue weighted by atomic mass is 10.2. The number of nitrogens with zero attached hydrogens (tertiary/aromatic N) is 4. The van der Waals surface area contributed by atoms with E-state index in [1.54, 1.807) is 4.90 Å². The molecule has 0 N–H and O–H groups in total. The van der Waals surface area contributed by atoms with Crippen LogP contribution in [0.4, 0.5) is 5.69 Å². The number of non-ortho nitro benzene ring substituents is 1. The van der Waals surface area contributed by atoms with Gasteiger partial charge >= 0.3 is 0 Å². The molecule has 4 rings (SSSR count). The summed E-state index contributed by atoms with van der Waals surface area (Å²) >= 11 is 0. The molecule has 10 heteroatoms. The van der Waals surface area contributed by atoms with Crippen LogP contribution >= 0.6 is 0 Å². The third-order valence-corrected chi connectivity index (χ3v) is 7.40. The van der Waals surface area contributed by atoms with Gasteiger partial charge in [-0.15, -0.1) is 0 Å². The van der Waals surface area contributed by atoms with E-state index in [2.05, 4.69) is 0 Å². The van der Waals surface area contributed by atoms with Crippen molar-refractivity contribution in [1.82, 2.24) is 13.8 Å². The summed E-state index contributed by atoms with van der Waals surface area (Å²) < 4.78 is 29.0. The molecular formula is C21H22N4O5S. The minimum absolute atomic E-state index is 0.0230. The molecule has 0 aliphatic carbocycles. The van der Waals surface area contributed by atoms with Gasteiger partial charge in [0.05, 0.1) is 9.82 Å². The second-order valence-electron chi connectivity index (χ2n) is 7.36. The first-order valence-electron chi connectivity index (χ1n) is 9.92. The molecule has 0 bridgehead atoms. The molecule has 1 amide bonds. The highest BCUT2D eigenvalue weighted by Gasteiger charge is 2.30. The van der Waals surface area contributed by atoms with Crippen LogP contribution in [0.5, 0.6) is 0 Å². The van der Waals surface area contributed by atoms with Crippen LogP contribution < -0.4 is 0 Å². The Kier molecular flexibility index (Phi) is 5.75. The van der Waals surface area contributed by atoms with Crippen LogP contribution in [0.15, 0.2) is 65.7 Å². The lowest BCUT2D eigenvalue weighted by Crippen LogP contribution is -2.50. The van der Waals surface area contributed by atoms with Gasteiger partial charge in [-0.3, -0.25) is 14.9 Å². The minimum atomic E-state index is -3.85. The molecular weight excluding hydrogens is 420 g/mol. The highest BCUT2D eigenvalue weighted by molar-refractivity contribution is 7.89. The quantitative estimate of drug-likeness (QED) is 0.431. The molecule has 0 saturated carbocycles. The number of fused-ring (bicyclic) bond motifs is 1. The van der Waals surface area contributed by atoms with E-state index in [1.807, 2.05) is 41.1 Å². The predicted molar refractivity (Wildman–Crippen MR) is 115 cm³/mol. The van der Waals surface area contributed by atoms with Crippen molar-refractivity contribution >= 4 is 32.5 Å². The van der Waals surface area contributed by atoms with Crippen LogP contribution in [0, 0.1) is 10.1 Å². The standard InChI is InChI=1S/C21H22N4O5S/c26-21(9-11-22-10-8-17-4-1-2-7-20(17)22)23-12-14-24(15-13-23)31(29,30)19-6-3-5-18(16-19)25(27)28/h1-8,10,16H,9,11-15H2. The summed E-state index contributed by atoms with van der Waals surface area (Å²) in [5.41, 5.74) is 0.801. The molecule has 162 valence electrons. The van der Waals surface area contributed by atoms with Crippen LogP contribution in [0.25, 0.3) is 10.9 Å². The van der Waals surface area contributed by atoms with Crippen LogP contribution in [0.3, 0.4) is 0 Å². The van der Waals surface area contributed by atoms with Crippen LogP contribution in [-0.4, -0.2) is 59.2 Å². The fourth-order valence-electron chi connectivity index (χ4n) is 3.79. The highest BCUT2D eigenvalue weighted by Crippen LogP contribution is 2.22. The average molecular weight is 442 g/mol. The number of rotatable bonds is 6. The Morgan fingerprint density at radius 1 is 1.00 bits per heavy atom. The van der Waals surface area contributed by atoms with E-state index in [1.165, 1.54) is 22.5 Å². The summed E-state index contributed by atoms with van der Waals surface area (Å²) in [4.78, 5) is 24.5. The normalized spacial score (nSPS) is 15.3. The third kappa shape index (κ3) is 4.30. The highest BCUT2D eigenvalue weighted by atomic mass is 32.2. The molecule has 0 radical (unpaired) electrons. The average Bonchev–Trinajstić information content (AvgIpc) is 3.21. The summed E-state index contributed by atoms with van der Waals surface area (Å²) in [7, 11) is -3.85. The SMILES string of the molecule is O=C(CCn1ccc2ccccc21)N1CCN(S(=O)(=O)c2cccc([N+](=O)[O-])c2)CC1. The van der Waals surface area contributed by atoms with Gasteiger partial charge in [0.1, 0.15) is 0 Å². The maximum atomic E-state index is 12.8. The summed E-state index contributed by atoms with van der Waals surface area (Å²) in [6.07, 6.45) is 2.29. The van der Waals surface area contributed by atoms with Gasteiger partial charge in [-0.05, 0) is 23.6 Å². The Morgan fingerprint density at radius 3 is 2.48 bits per heavy atom. The fourth-order valence-corrected chi connectivity index (χ4v) is 5.26. The van der Waals surface area contributed by atoms with Gasteiger partial charge in [0.15, 0.2) is 0 Å². The van der Waals surface area contributed by atoms with Crippen LogP contribution in [-0.2, 0) is 21.4 Å². The third-order valence-electron chi connectivity index (χ3n) is 5.50. The van der Waals surface area contributed by atoms with Crippen molar-refractivity contribution in [1.29, 1.82) is 0 Å². The molecule has 2 aromatic carbocycles. The molecule has 2 heterocycles. The van der Waals surface area contributed by atoms with E-state index in [0.717, 1.165) is 17.0 Å². The molecule has 0 unspecified atom stereocenters. The van der Waals surface area contributed by atoms with Gasteiger partial charge in [0.2, 0.25) is 15.9 Å². The summed E-state index contributed by atoms with van der Waals surface area (Å²) in [6, 6.07) is 15.0. The number of piperazine rings is 1. The number of nitro benzene ring substituents is 1. The molecule has 1 aliphatic heterocycles. The fraction of sp³-hybridized carbons (Fsp3) is 0.286. The Balaban J connectivity index is 1.36. The van der Waals surface area contributed by atoms with Gasteiger partial charge < -0.3 is 9.47 Å². The van der Waals surface area contributed by atoms with Crippen molar-refractivity contribution in [3.05, 3.63) is 70.9 Å². The number of carbonyl (C=O) groups excluding carboxylic acids is 1. The molecule has 1 aromatic heterocycles. The van der Waals surface area contributed by atoms with E-state index in [9.17, 15) is 23.3 Å². The number of nitro groups is 1. The minimum Gasteiger partial charge on any atom is -0.347 e. The molecule has 31 heavy (non-hydrogen) atoms. The number of aromatic nitrogens is 1. The number of para-hydroxylation sites is 1. The molecule has 1 saturated heterocycles. The molecule has 0 atom stereocenters. The van der Waals surface area contributed by atoms with Crippen LogP contribution in [0.2, 0.25) is 0 Å². The van der Waals surface area contributed by atoms with E-state index in [0.29, 0.717) is 26.1 Å². The second-order valence-corrected chi connectivity index (χ2v) is 9.30. The Hall–Kier alpha value is -3.24. The lowest BCUT2D eigenvalue weighted by Gasteiger charge is -2.34. The Labute approximate surface area is 179 Å². The van der Waals surface area contributed by atoms with Gasteiger partial charge in [-0.2, -0.15) is 4.31 Å². The van der Waals surface area contributed by atoms with Crippen molar-refractivity contribution in [3.63, 3.8) is 0 Å². The molecule has 0 spiro atoms. The Morgan fingerprint density at radius 2 is 1.74 bits per heavy atom. The number of sulfonamides is 1. The van der Waals surface area contributed by atoms with Gasteiger partial charge in [0.25, 0.3) is 5.69 Å². The van der Waals surface area contributed by atoms with Gasteiger partial charge in [0, 0.05) is 63.0 Å². The smallest absolute Gasteiger partial charge is 0.270 e. The first-order valence-corrected chi connectivity index (χ1v) is 11.4. The zero-order valence-electron chi connectivity index (χ0n) is 16.8. The van der Waals surface area contributed by atoms with Crippen molar-refractivity contribution in [2.24, 2.45) is 0 Å². The second kappa shape index (κ2) is 8.48. The maximum Gasteiger partial charge on any atom is 0.270 e. The summed E-state index contributed by atoms with van der Waals surface area (Å²) in [6.45, 7) is 1.45. The Bertz CT molecular complexity index is 1230. The van der Waals surface area contributed by atoms with Crippen molar-refractivity contribution < 1.29 is 18.1 Å². The number of hydrogen-bond acceptors (Lipinski definition) is 5. The van der Waals surface area contributed by atoms with E-state index in [4.69, 9.17) is 0 Å². The van der Waals surface area contributed by atoms with Crippen molar-refractivity contribution in [2.75, 3.05) is 26.2 Å². The number of hydrogen-bond donors (Lipinski definition) is 0. The van der Waals surface area contributed by atoms with Crippen molar-refractivity contribution in [3.8, 4) is 0 Å². The molecule has 1 fully saturated rings. The first kappa shape index (κ1) is 21.0. The van der Waals surface area contributed by atoms with Gasteiger partial charge in [-0.25, -0.2) is 8.42 Å². The zero-order chi connectivity index (χ0) is 22.0. The zero-order valence-corrected chi connectivity index (χ0v) is 17.6. The first-order chi connectivity index (χ1) is 14.9. The van der Waals surface area contributed by atoms with E-state index >= 15 is 0 Å². The van der Waals surface area contributed by atoms with Gasteiger partial charge in [-0.1, -0.05) is 24.3 Å². The maximum absolute atomic E-state index is 12.8.